The molecule has 0 spiro atoms. The molecule has 1 aliphatic carbocycles. The molecule has 2 nitrogen and oxygen atoms in total. The Morgan fingerprint density at radius 2 is 1.86 bits per heavy atom. The zero-order chi connectivity index (χ0) is 15.5. The van der Waals surface area contributed by atoms with Crippen LogP contribution in [0.2, 0.25) is 5.02 Å². The van der Waals surface area contributed by atoms with Crippen LogP contribution in [0.1, 0.15) is 58.9 Å². The molecule has 1 aliphatic rings. The first-order valence-electron chi connectivity index (χ1n) is 8.04. The molecule has 0 bridgehead atoms. The van der Waals surface area contributed by atoms with Gasteiger partial charge in [0, 0.05) is 22.7 Å². The quantitative estimate of drug-likeness (QED) is 0.827. The Bertz CT molecular complexity index is 459. The Balaban J connectivity index is 2.06. The van der Waals surface area contributed by atoms with E-state index in [9.17, 15) is 0 Å². The molecule has 1 N–H and O–H groups in total. The molecule has 0 aromatic heterocycles. The Kier molecular flexibility index (Phi) is 5.56. The Morgan fingerprint density at radius 1 is 1.19 bits per heavy atom. The largest absolute Gasteiger partial charge is 0.490 e. The molecule has 1 saturated carbocycles. The number of rotatable bonds is 4. The maximum atomic E-state index is 6.38. The van der Waals surface area contributed by atoms with E-state index in [0.29, 0.717) is 6.10 Å². The molecular weight excluding hydrogens is 282 g/mol. The van der Waals surface area contributed by atoms with Gasteiger partial charge in [0.05, 0.1) is 6.10 Å². The zero-order valence-corrected chi connectivity index (χ0v) is 14.5. The van der Waals surface area contributed by atoms with E-state index < -0.39 is 0 Å². The highest BCUT2D eigenvalue weighted by Gasteiger charge is 2.21. The van der Waals surface area contributed by atoms with Gasteiger partial charge < -0.3 is 10.1 Å². The Labute approximate surface area is 134 Å². The summed E-state index contributed by atoms with van der Waals surface area (Å²) in [5, 5.41) is 4.28. The van der Waals surface area contributed by atoms with Gasteiger partial charge in [0.1, 0.15) is 5.75 Å². The lowest BCUT2D eigenvalue weighted by Gasteiger charge is -2.28. The average molecular weight is 310 g/mol. The lowest BCUT2D eigenvalue weighted by atomic mass is 9.89. The summed E-state index contributed by atoms with van der Waals surface area (Å²) in [6.45, 7) is 9.54. The first kappa shape index (κ1) is 16.6. The van der Waals surface area contributed by atoms with E-state index in [0.717, 1.165) is 41.6 Å². The highest BCUT2D eigenvalue weighted by atomic mass is 35.5. The number of halogens is 1. The summed E-state index contributed by atoms with van der Waals surface area (Å²) in [4.78, 5) is 0. The van der Waals surface area contributed by atoms with Gasteiger partial charge in [-0.25, -0.2) is 0 Å². The minimum Gasteiger partial charge on any atom is -0.490 e. The molecule has 3 heteroatoms. The van der Waals surface area contributed by atoms with E-state index >= 15 is 0 Å². The van der Waals surface area contributed by atoms with Crippen molar-refractivity contribution < 1.29 is 4.74 Å². The van der Waals surface area contributed by atoms with E-state index in [1.807, 2.05) is 18.2 Å². The fourth-order valence-corrected chi connectivity index (χ4v) is 2.93. The van der Waals surface area contributed by atoms with Gasteiger partial charge in [-0.15, -0.1) is 0 Å². The smallest absolute Gasteiger partial charge is 0.125 e. The minimum atomic E-state index is 0.0662. The van der Waals surface area contributed by atoms with Crippen LogP contribution in [0, 0.1) is 5.92 Å². The fraction of sp³-hybridized carbons (Fsp3) is 0.667. The van der Waals surface area contributed by atoms with E-state index in [-0.39, 0.29) is 5.54 Å². The van der Waals surface area contributed by atoms with Crippen LogP contribution >= 0.6 is 11.6 Å². The molecule has 21 heavy (non-hydrogen) atoms. The van der Waals surface area contributed by atoms with Gasteiger partial charge in [-0.2, -0.15) is 0 Å². The standard InChI is InChI=1S/C18H28ClNO/c1-13-8-10-14(11-9-13)21-17-7-5-6-16(19)15(17)12-20-18(2,3)4/h5-7,13-14,20H,8-12H2,1-4H3. The summed E-state index contributed by atoms with van der Waals surface area (Å²) >= 11 is 6.38. The normalized spacial score (nSPS) is 23.1. The predicted molar refractivity (Wildman–Crippen MR) is 90.1 cm³/mol. The topological polar surface area (TPSA) is 21.3 Å². The Hall–Kier alpha value is -0.730. The third-order valence-corrected chi connectivity index (χ3v) is 4.48. The zero-order valence-electron chi connectivity index (χ0n) is 13.7. The SMILES string of the molecule is CC1CCC(Oc2cccc(Cl)c2CNC(C)(C)C)CC1. The molecule has 0 heterocycles. The van der Waals surface area contributed by atoms with E-state index in [4.69, 9.17) is 16.3 Å². The van der Waals surface area contributed by atoms with Gasteiger partial charge in [0.2, 0.25) is 0 Å². The molecule has 0 amide bonds. The summed E-state index contributed by atoms with van der Waals surface area (Å²) in [6.07, 6.45) is 5.18. The lowest BCUT2D eigenvalue weighted by Crippen LogP contribution is -2.35. The second kappa shape index (κ2) is 7.02. The van der Waals surface area contributed by atoms with Gasteiger partial charge in [0.15, 0.2) is 0 Å². The number of nitrogens with one attached hydrogen (secondary N) is 1. The summed E-state index contributed by atoms with van der Waals surface area (Å²) in [7, 11) is 0. The second-order valence-electron chi connectivity index (χ2n) is 7.32. The van der Waals surface area contributed by atoms with Crippen LogP contribution in [0.5, 0.6) is 5.75 Å². The van der Waals surface area contributed by atoms with Crippen molar-refractivity contribution in [3.8, 4) is 5.75 Å². The van der Waals surface area contributed by atoms with Crippen LogP contribution in [0.15, 0.2) is 18.2 Å². The first-order valence-corrected chi connectivity index (χ1v) is 8.42. The molecular formula is C18H28ClNO. The summed E-state index contributed by atoms with van der Waals surface area (Å²) < 4.78 is 6.26. The van der Waals surface area contributed by atoms with Gasteiger partial charge >= 0.3 is 0 Å². The second-order valence-corrected chi connectivity index (χ2v) is 7.73. The number of hydrogen-bond donors (Lipinski definition) is 1. The van der Waals surface area contributed by atoms with Gasteiger partial charge in [-0.3, -0.25) is 0 Å². The molecule has 1 aromatic rings. The Morgan fingerprint density at radius 3 is 2.48 bits per heavy atom. The van der Waals surface area contributed by atoms with Crippen LogP contribution in [-0.2, 0) is 6.54 Å². The van der Waals surface area contributed by atoms with Crippen molar-refractivity contribution in [2.45, 2.75) is 71.6 Å². The van der Waals surface area contributed by atoms with Crippen molar-refractivity contribution in [1.29, 1.82) is 0 Å². The van der Waals surface area contributed by atoms with E-state index in [1.165, 1.54) is 12.8 Å². The van der Waals surface area contributed by atoms with E-state index in [1.54, 1.807) is 0 Å². The molecule has 1 aromatic carbocycles. The van der Waals surface area contributed by atoms with Crippen LogP contribution in [0.25, 0.3) is 0 Å². The van der Waals surface area contributed by atoms with Crippen LogP contribution in [0.4, 0.5) is 0 Å². The molecule has 1 fully saturated rings. The van der Waals surface area contributed by atoms with Gasteiger partial charge in [-0.05, 0) is 64.5 Å². The molecule has 0 saturated heterocycles. The van der Waals surface area contributed by atoms with Crippen LogP contribution in [0.3, 0.4) is 0 Å². The maximum absolute atomic E-state index is 6.38. The predicted octanol–water partition coefficient (Wildman–Crippen LogP) is 5.19. The van der Waals surface area contributed by atoms with Crippen molar-refractivity contribution in [2.24, 2.45) is 5.92 Å². The van der Waals surface area contributed by atoms with E-state index in [2.05, 4.69) is 33.0 Å². The molecule has 0 atom stereocenters. The van der Waals surface area contributed by atoms with Crippen molar-refractivity contribution >= 4 is 11.6 Å². The molecule has 0 unspecified atom stereocenters. The number of ether oxygens (including phenoxy) is 1. The summed E-state index contributed by atoms with van der Waals surface area (Å²) in [5.41, 5.74) is 1.14. The third-order valence-electron chi connectivity index (χ3n) is 4.13. The summed E-state index contributed by atoms with van der Waals surface area (Å²) in [6, 6.07) is 5.96. The van der Waals surface area contributed by atoms with Crippen molar-refractivity contribution in [3.63, 3.8) is 0 Å². The van der Waals surface area contributed by atoms with Gasteiger partial charge in [0.25, 0.3) is 0 Å². The minimum absolute atomic E-state index is 0.0662. The number of hydrogen-bond acceptors (Lipinski definition) is 2. The summed E-state index contributed by atoms with van der Waals surface area (Å²) in [5.74, 6) is 1.78. The van der Waals surface area contributed by atoms with Crippen molar-refractivity contribution in [1.82, 2.24) is 5.32 Å². The van der Waals surface area contributed by atoms with Crippen LogP contribution in [-0.4, -0.2) is 11.6 Å². The lowest BCUT2D eigenvalue weighted by molar-refractivity contribution is 0.134. The van der Waals surface area contributed by atoms with Crippen molar-refractivity contribution in [2.75, 3.05) is 0 Å². The monoisotopic (exact) mass is 309 g/mol. The average Bonchev–Trinajstić information content (AvgIpc) is 2.39. The molecule has 0 aliphatic heterocycles. The number of benzene rings is 1. The van der Waals surface area contributed by atoms with Gasteiger partial charge in [-0.1, -0.05) is 24.6 Å². The molecule has 0 radical (unpaired) electrons. The highest BCUT2D eigenvalue weighted by Crippen LogP contribution is 2.32. The highest BCUT2D eigenvalue weighted by molar-refractivity contribution is 6.31. The maximum Gasteiger partial charge on any atom is 0.125 e. The molecule has 118 valence electrons. The van der Waals surface area contributed by atoms with Crippen LogP contribution < -0.4 is 10.1 Å². The first-order chi connectivity index (χ1) is 9.85. The third kappa shape index (κ3) is 5.19. The fourth-order valence-electron chi connectivity index (χ4n) is 2.70. The molecule has 2 rings (SSSR count). The van der Waals surface area contributed by atoms with Crippen molar-refractivity contribution in [3.05, 3.63) is 28.8 Å².